The number of carbonyl (C=O) groups is 2. The number of aryl methyl sites for hydroxylation is 3. The summed E-state index contributed by atoms with van der Waals surface area (Å²) < 4.78 is 5.51. The minimum atomic E-state index is -0.329. The summed E-state index contributed by atoms with van der Waals surface area (Å²) in [5, 5.41) is 3.22. The first kappa shape index (κ1) is 22.3. The van der Waals surface area contributed by atoms with E-state index in [1.165, 1.54) is 4.90 Å². The number of ether oxygens (including phenoxy) is 1. The van der Waals surface area contributed by atoms with Gasteiger partial charge in [0.1, 0.15) is 11.4 Å². The molecule has 3 aromatic carbocycles. The first-order chi connectivity index (χ1) is 15.9. The van der Waals surface area contributed by atoms with Crippen molar-refractivity contribution in [3.05, 3.63) is 100 Å². The van der Waals surface area contributed by atoms with E-state index in [-0.39, 0.29) is 18.4 Å². The minimum absolute atomic E-state index is 0.223. The van der Waals surface area contributed by atoms with Crippen LogP contribution in [0.15, 0.2) is 72.4 Å². The minimum Gasteiger partial charge on any atom is -0.494 e. The van der Waals surface area contributed by atoms with Gasteiger partial charge in [0.2, 0.25) is 0 Å². The second kappa shape index (κ2) is 9.33. The highest BCUT2D eigenvalue weighted by atomic mass is 16.5. The second-order valence-electron chi connectivity index (χ2n) is 8.33. The van der Waals surface area contributed by atoms with Crippen LogP contribution in [0.25, 0.3) is 5.57 Å². The molecule has 0 radical (unpaired) electrons. The zero-order chi connectivity index (χ0) is 23.5. The topological polar surface area (TPSA) is 58.6 Å². The maximum Gasteiger partial charge on any atom is 0.278 e. The lowest BCUT2D eigenvalue weighted by Crippen LogP contribution is -2.32. The van der Waals surface area contributed by atoms with Crippen molar-refractivity contribution in [3.8, 4) is 5.75 Å². The Labute approximate surface area is 194 Å². The smallest absolute Gasteiger partial charge is 0.278 e. The van der Waals surface area contributed by atoms with E-state index in [9.17, 15) is 9.59 Å². The molecule has 3 aromatic rings. The van der Waals surface area contributed by atoms with Crippen molar-refractivity contribution in [2.24, 2.45) is 0 Å². The van der Waals surface area contributed by atoms with Crippen molar-refractivity contribution in [2.45, 2.75) is 34.2 Å². The molecule has 0 spiro atoms. The second-order valence-corrected chi connectivity index (χ2v) is 8.33. The van der Waals surface area contributed by atoms with Gasteiger partial charge in [0, 0.05) is 5.69 Å². The van der Waals surface area contributed by atoms with Crippen LogP contribution in [-0.4, -0.2) is 23.3 Å². The molecular formula is C28H28N2O3. The van der Waals surface area contributed by atoms with Crippen LogP contribution in [0.5, 0.6) is 5.75 Å². The van der Waals surface area contributed by atoms with Gasteiger partial charge in [-0.3, -0.25) is 14.5 Å². The summed E-state index contributed by atoms with van der Waals surface area (Å²) in [4.78, 5) is 28.4. The molecule has 1 heterocycles. The Morgan fingerprint density at radius 1 is 0.818 bits per heavy atom. The summed E-state index contributed by atoms with van der Waals surface area (Å²) >= 11 is 0. The van der Waals surface area contributed by atoms with Gasteiger partial charge in [0.25, 0.3) is 11.8 Å². The van der Waals surface area contributed by atoms with Crippen molar-refractivity contribution in [2.75, 3.05) is 11.9 Å². The lowest BCUT2D eigenvalue weighted by molar-refractivity contribution is -0.137. The number of anilines is 1. The summed E-state index contributed by atoms with van der Waals surface area (Å²) in [6.07, 6.45) is 0. The highest BCUT2D eigenvalue weighted by molar-refractivity contribution is 6.36. The van der Waals surface area contributed by atoms with E-state index in [0.29, 0.717) is 23.6 Å². The Kier molecular flexibility index (Phi) is 6.31. The highest BCUT2D eigenvalue weighted by Crippen LogP contribution is 2.33. The zero-order valence-electron chi connectivity index (χ0n) is 19.4. The fourth-order valence-electron chi connectivity index (χ4n) is 4.00. The van der Waals surface area contributed by atoms with Gasteiger partial charge in [-0.15, -0.1) is 0 Å². The number of imide groups is 1. The molecule has 33 heavy (non-hydrogen) atoms. The number of nitrogens with zero attached hydrogens (tertiary/aromatic N) is 1. The first-order valence-electron chi connectivity index (χ1n) is 11.1. The third-order valence-corrected chi connectivity index (χ3v) is 5.72. The Morgan fingerprint density at radius 2 is 1.48 bits per heavy atom. The van der Waals surface area contributed by atoms with Gasteiger partial charge in [-0.25, -0.2) is 0 Å². The standard InChI is InChI=1S/C28H28N2O3/c1-5-33-23-13-11-22(12-14-23)29-26-25(24-15-8-19(3)16-20(24)4)27(31)30(28(26)32)17-21-9-6-18(2)7-10-21/h6-16,29H,5,17H2,1-4H3. The van der Waals surface area contributed by atoms with Crippen molar-refractivity contribution in [1.82, 2.24) is 4.90 Å². The fraction of sp³-hybridized carbons (Fsp3) is 0.214. The van der Waals surface area contributed by atoms with Gasteiger partial charge in [-0.2, -0.15) is 0 Å². The molecule has 5 heteroatoms. The third-order valence-electron chi connectivity index (χ3n) is 5.72. The van der Waals surface area contributed by atoms with Crippen LogP contribution in [0.1, 0.15) is 34.7 Å². The lowest BCUT2D eigenvalue weighted by Gasteiger charge is -2.16. The molecule has 0 bridgehead atoms. The van der Waals surface area contributed by atoms with Crippen molar-refractivity contribution >= 4 is 23.1 Å². The number of nitrogens with one attached hydrogen (secondary N) is 1. The van der Waals surface area contributed by atoms with Crippen molar-refractivity contribution < 1.29 is 14.3 Å². The number of carbonyl (C=O) groups excluding carboxylic acids is 2. The third kappa shape index (κ3) is 4.67. The fourth-order valence-corrected chi connectivity index (χ4v) is 4.00. The Balaban J connectivity index is 1.72. The van der Waals surface area contributed by atoms with Gasteiger partial charge < -0.3 is 10.1 Å². The lowest BCUT2D eigenvalue weighted by atomic mass is 9.97. The van der Waals surface area contributed by atoms with Crippen LogP contribution in [0.4, 0.5) is 5.69 Å². The van der Waals surface area contributed by atoms with Crippen LogP contribution in [0.3, 0.4) is 0 Å². The molecular weight excluding hydrogens is 412 g/mol. The molecule has 5 nitrogen and oxygen atoms in total. The number of benzene rings is 3. The summed E-state index contributed by atoms with van der Waals surface area (Å²) in [6.45, 7) is 8.71. The van der Waals surface area contributed by atoms with Crippen LogP contribution >= 0.6 is 0 Å². The Bertz CT molecular complexity index is 1230. The van der Waals surface area contributed by atoms with E-state index >= 15 is 0 Å². The van der Waals surface area contributed by atoms with Gasteiger partial charge in [0.05, 0.1) is 18.7 Å². The van der Waals surface area contributed by atoms with Gasteiger partial charge >= 0.3 is 0 Å². The first-order valence-corrected chi connectivity index (χ1v) is 11.1. The predicted octanol–water partition coefficient (Wildman–Crippen LogP) is 5.40. The molecule has 0 aromatic heterocycles. The average Bonchev–Trinajstić information content (AvgIpc) is 3.01. The van der Waals surface area contributed by atoms with Crippen LogP contribution < -0.4 is 10.1 Å². The van der Waals surface area contributed by atoms with Crippen LogP contribution in [0.2, 0.25) is 0 Å². The van der Waals surface area contributed by atoms with E-state index in [0.717, 1.165) is 33.6 Å². The molecule has 168 valence electrons. The Morgan fingerprint density at radius 3 is 2.12 bits per heavy atom. The molecule has 0 saturated heterocycles. The van der Waals surface area contributed by atoms with Crippen molar-refractivity contribution in [3.63, 3.8) is 0 Å². The zero-order valence-corrected chi connectivity index (χ0v) is 19.4. The molecule has 4 rings (SSSR count). The van der Waals surface area contributed by atoms with Gasteiger partial charge in [-0.05, 0) is 68.7 Å². The predicted molar refractivity (Wildman–Crippen MR) is 131 cm³/mol. The number of rotatable bonds is 7. The van der Waals surface area contributed by atoms with E-state index < -0.39 is 0 Å². The van der Waals surface area contributed by atoms with Crippen LogP contribution in [0, 0.1) is 20.8 Å². The largest absolute Gasteiger partial charge is 0.494 e. The van der Waals surface area contributed by atoms with Gasteiger partial charge in [0.15, 0.2) is 0 Å². The molecule has 0 aliphatic carbocycles. The summed E-state index contributed by atoms with van der Waals surface area (Å²) in [7, 11) is 0. The SMILES string of the molecule is CCOc1ccc(NC2=C(c3ccc(C)cc3C)C(=O)N(Cc3ccc(C)cc3)C2=O)cc1. The molecule has 0 unspecified atom stereocenters. The van der Waals surface area contributed by atoms with Crippen LogP contribution in [-0.2, 0) is 16.1 Å². The normalized spacial score (nSPS) is 13.6. The number of hydrogen-bond donors (Lipinski definition) is 1. The van der Waals surface area contributed by atoms with E-state index in [2.05, 4.69) is 5.32 Å². The highest BCUT2D eigenvalue weighted by Gasteiger charge is 2.39. The molecule has 1 aliphatic rings. The Hall–Kier alpha value is -3.86. The number of hydrogen-bond acceptors (Lipinski definition) is 4. The summed E-state index contributed by atoms with van der Waals surface area (Å²) in [6, 6.07) is 21.1. The molecule has 0 saturated carbocycles. The average molecular weight is 441 g/mol. The summed E-state index contributed by atoms with van der Waals surface area (Å²) in [5.41, 5.74) is 6.27. The van der Waals surface area contributed by atoms with E-state index in [4.69, 9.17) is 4.74 Å². The van der Waals surface area contributed by atoms with Crippen molar-refractivity contribution in [1.29, 1.82) is 0 Å². The molecule has 1 aliphatic heterocycles. The molecule has 0 atom stereocenters. The molecule has 1 N–H and O–H groups in total. The maximum atomic E-state index is 13.6. The van der Waals surface area contributed by atoms with E-state index in [1.807, 2.05) is 94.4 Å². The summed E-state index contributed by atoms with van der Waals surface area (Å²) in [5.74, 6) is 0.131. The monoisotopic (exact) mass is 440 g/mol. The number of amides is 2. The van der Waals surface area contributed by atoms with E-state index in [1.54, 1.807) is 0 Å². The van der Waals surface area contributed by atoms with Gasteiger partial charge in [-0.1, -0.05) is 53.6 Å². The molecule has 0 fully saturated rings. The maximum absolute atomic E-state index is 13.6. The quantitative estimate of drug-likeness (QED) is 0.500. The molecule has 2 amide bonds.